The lowest BCUT2D eigenvalue weighted by molar-refractivity contribution is 0.0689. The fraction of sp³-hybridized carbons (Fsp3) is 1.00. The van der Waals surface area contributed by atoms with Crippen LogP contribution in [-0.4, -0.2) is 12.1 Å². The SMILES string of the molecule is CC(C)(C)NCC(C)(C1CCC1)C1CC1. The van der Waals surface area contributed by atoms with Crippen LogP contribution in [0.1, 0.15) is 59.8 Å². The Labute approximate surface area is 95.0 Å². The van der Waals surface area contributed by atoms with Crippen molar-refractivity contribution in [1.29, 1.82) is 0 Å². The number of hydrogen-bond acceptors (Lipinski definition) is 1. The molecule has 0 aliphatic heterocycles. The summed E-state index contributed by atoms with van der Waals surface area (Å²) < 4.78 is 0. The molecule has 88 valence electrons. The van der Waals surface area contributed by atoms with Crippen molar-refractivity contribution in [3.05, 3.63) is 0 Å². The normalized spacial score (nSPS) is 27.2. The molecule has 2 aliphatic rings. The summed E-state index contributed by atoms with van der Waals surface area (Å²) in [6, 6.07) is 0. The molecule has 0 spiro atoms. The summed E-state index contributed by atoms with van der Waals surface area (Å²) in [5, 5.41) is 3.73. The van der Waals surface area contributed by atoms with E-state index in [1.165, 1.54) is 38.6 Å². The maximum absolute atomic E-state index is 3.73. The maximum atomic E-state index is 3.73. The van der Waals surface area contributed by atoms with Crippen LogP contribution in [0.3, 0.4) is 0 Å². The Morgan fingerprint density at radius 1 is 0.933 bits per heavy atom. The molecule has 0 amide bonds. The van der Waals surface area contributed by atoms with Gasteiger partial charge in [-0.25, -0.2) is 0 Å². The van der Waals surface area contributed by atoms with Crippen LogP contribution in [0, 0.1) is 17.3 Å². The van der Waals surface area contributed by atoms with Gasteiger partial charge in [0, 0.05) is 12.1 Å². The summed E-state index contributed by atoms with van der Waals surface area (Å²) in [6.07, 6.45) is 7.41. The average molecular weight is 209 g/mol. The molecule has 0 aromatic rings. The van der Waals surface area contributed by atoms with E-state index in [1.807, 2.05) is 0 Å². The molecular formula is C14H27N. The van der Waals surface area contributed by atoms with Crippen molar-refractivity contribution < 1.29 is 0 Å². The molecule has 0 aromatic heterocycles. The molecule has 1 nitrogen and oxygen atoms in total. The van der Waals surface area contributed by atoms with Gasteiger partial charge in [-0.05, 0) is 63.7 Å². The zero-order valence-corrected chi connectivity index (χ0v) is 10.9. The molecule has 0 aromatic carbocycles. The lowest BCUT2D eigenvalue weighted by atomic mass is 9.63. The standard InChI is InChI=1S/C14H27N/c1-13(2,3)15-10-14(4,12-8-9-12)11-6-5-7-11/h11-12,15H,5-10H2,1-4H3. The van der Waals surface area contributed by atoms with E-state index < -0.39 is 0 Å². The Kier molecular flexibility index (Phi) is 2.87. The van der Waals surface area contributed by atoms with Crippen LogP contribution in [0.2, 0.25) is 0 Å². The highest BCUT2D eigenvalue weighted by Crippen LogP contribution is 2.55. The van der Waals surface area contributed by atoms with Crippen LogP contribution in [0.15, 0.2) is 0 Å². The lowest BCUT2D eigenvalue weighted by Crippen LogP contribution is -2.48. The summed E-state index contributed by atoms with van der Waals surface area (Å²) >= 11 is 0. The summed E-state index contributed by atoms with van der Waals surface area (Å²) in [5.74, 6) is 2.04. The van der Waals surface area contributed by atoms with Crippen molar-refractivity contribution in [2.45, 2.75) is 65.3 Å². The zero-order valence-electron chi connectivity index (χ0n) is 10.9. The molecule has 2 fully saturated rings. The largest absolute Gasteiger partial charge is 0.312 e. The second kappa shape index (κ2) is 3.76. The topological polar surface area (TPSA) is 12.0 Å². The molecule has 2 saturated carbocycles. The van der Waals surface area contributed by atoms with Gasteiger partial charge in [0.25, 0.3) is 0 Å². The van der Waals surface area contributed by atoms with Crippen LogP contribution in [-0.2, 0) is 0 Å². The van der Waals surface area contributed by atoms with E-state index in [1.54, 1.807) is 0 Å². The van der Waals surface area contributed by atoms with Gasteiger partial charge in [-0.1, -0.05) is 13.3 Å². The predicted octanol–water partition coefficient (Wildman–Crippen LogP) is 3.59. The van der Waals surface area contributed by atoms with Gasteiger partial charge >= 0.3 is 0 Å². The van der Waals surface area contributed by atoms with E-state index in [9.17, 15) is 0 Å². The molecule has 0 bridgehead atoms. The molecule has 1 heteroatoms. The third-order valence-corrected chi connectivity index (χ3v) is 4.55. The van der Waals surface area contributed by atoms with Crippen molar-refractivity contribution in [3.63, 3.8) is 0 Å². The first-order valence-corrected chi connectivity index (χ1v) is 6.67. The van der Waals surface area contributed by atoms with Crippen LogP contribution in [0.5, 0.6) is 0 Å². The van der Waals surface area contributed by atoms with Gasteiger partial charge in [0.2, 0.25) is 0 Å². The van der Waals surface area contributed by atoms with Crippen LogP contribution in [0.4, 0.5) is 0 Å². The van der Waals surface area contributed by atoms with Crippen LogP contribution >= 0.6 is 0 Å². The lowest BCUT2D eigenvalue weighted by Gasteiger charge is -2.45. The first-order valence-electron chi connectivity index (χ1n) is 6.67. The quantitative estimate of drug-likeness (QED) is 0.746. The van der Waals surface area contributed by atoms with Crippen molar-refractivity contribution >= 4 is 0 Å². The molecule has 0 saturated heterocycles. The first-order chi connectivity index (χ1) is 6.92. The summed E-state index contributed by atoms with van der Waals surface area (Å²) in [7, 11) is 0. The van der Waals surface area contributed by atoms with Crippen molar-refractivity contribution in [2.24, 2.45) is 17.3 Å². The van der Waals surface area contributed by atoms with Crippen molar-refractivity contribution in [2.75, 3.05) is 6.54 Å². The molecule has 2 aliphatic carbocycles. The number of hydrogen-bond donors (Lipinski definition) is 1. The fourth-order valence-corrected chi connectivity index (χ4v) is 2.89. The molecule has 15 heavy (non-hydrogen) atoms. The minimum absolute atomic E-state index is 0.278. The van der Waals surface area contributed by atoms with Gasteiger partial charge in [-0.2, -0.15) is 0 Å². The minimum Gasteiger partial charge on any atom is -0.312 e. The maximum Gasteiger partial charge on any atom is 0.00967 e. The highest BCUT2D eigenvalue weighted by Gasteiger charge is 2.48. The predicted molar refractivity (Wildman–Crippen MR) is 65.9 cm³/mol. The van der Waals surface area contributed by atoms with Gasteiger partial charge in [-0.3, -0.25) is 0 Å². The smallest absolute Gasteiger partial charge is 0.00967 e. The molecule has 1 atom stereocenters. The molecule has 0 heterocycles. The Balaban J connectivity index is 1.93. The first kappa shape index (κ1) is 11.4. The van der Waals surface area contributed by atoms with Gasteiger partial charge in [0.15, 0.2) is 0 Å². The fourth-order valence-electron chi connectivity index (χ4n) is 2.89. The molecule has 1 unspecified atom stereocenters. The minimum atomic E-state index is 0.278. The third kappa shape index (κ3) is 2.55. The number of rotatable bonds is 4. The molecular weight excluding hydrogens is 182 g/mol. The Morgan fingerprint density at radius 3 is 1.80 bits per heavy atom. The van der Waals surface area contributed by atoms with E-state index in [2.05, 4.69) is 33.0 Å². The van der Waals surface area contributed by atoms with E-state index in [0.29, 0.717) is 5.41 Å². The van der Waals surface area contributed by atoms with Crippen molar-refractivity contribution in [3.8, 4) is 0 Å². The van der Waals surface area contributed by atoms with Gasteiger partial charge in [0.05, 0.1) is 0 Å². The van der Waals surface area contributed by atoms with E-state index in [0.717, 1.165) is 11.8 Å². The highest BCUT2D eigenvalue weighted by molar-refractivity contribution is 5.00. The van der Waals surface area contributed by atoms with Gasteiger partial charge in [0.1, 0.15) is 0 Å². The van der Waals surface area contributed by atoms with E-state index in [-0.39, 0.29) is 5.54 Å². The highest BCUT2D eigenvalue weighted by atomic mass is 15.0. The van der Waals surface area contributed by atoms with E-state index in [4.69, 9.17) is 0 Å². The monoisotopic (exact) mass is 209 g/mol. The number of nitrogens with one attached hydrogen (secondary N) is 1. The Bertz CT molecular complexity index is 220. The van der Waals surface area contributed by atoms with Gasteiger partial charge < -0.3 is 5.32 Å². The second-order valence-corrected chi connectivity index (χ2v) is 7.01. The summed E-state index contributed by atoms with van der Waals surface area (Å²) in [6.45, 7) is 10.6. The zero-order chi connectivity index (χ0) is 11.1. The molecule has 2 rings (SSSR count). The Hall–Kier alpha value is -0.0400. The molecule has 0 radical (unpaired) electrons. The van der Waals surface area contributed by atoms with E-state index >= 15 is 0 Å². The summed E-state index contributed by atoms with van der Waals surface area (Å²) in [5.41, 5.74) is 0.880. The average Bonchev–Trinajstić information content (AvgIpc) is 2.77. The van der Waals surface area contributed by atoms with Gasteiger partial charge in [-0.15, -0.1) is 0 Å². The van der Waals surface area contributed by atoms with Crippen LogP contribution in [0.25, 0.3) is 0 Å². The third-order valence-electron chi connectivity index (χ3n) is 4.55. The second-order valence-electron chi connectivity index (χ2n) is 7.01. The summed E-state index contributed by atoms with van der Waals surface area (Å²) in [4.78, 5) is 0. The van der Waals surface area contributed by atoms with Crippen molar-refractivity contribution in [1.82, 2.24) is 5.32 Å². The Morgan fingerprint density at radius 2 is 1.47 bits per heavy atom. The van der Waals surface area contributed by atoms with Crippen LogP contribution < -0.4 is 5.32 Å². The molecule has 1 N–H and O–H groups in total.